The maximum atomic E-state index is 11.1. The van der Waals surface area contributed by atoms with Gasteiger partial charge in [0.1, 0.15) is 5.71 Å². The second kappa shape index (κ2) is 4.58. The van der Waals surface area contributed by atoms with Crippen LogP contribution >= 0.6 is 0 Å². The van der Waals surface area contributed by atoms with E-state index >= 15 is 0 Å². The fourth-order valence-electron chi connectivity index (χ4n) is 2.12. The van der Waals surface area contributed by atoms with Crippen molar-refractivity contribution in [1.82, 2.24) is 15.6 Å². The molecule has 0 atom stereocenters. The third-order valence-corrected chi connectivity index (χ3v) is 3.21. The lowest BCUT2D eigenvalue weighted by molar-refractivity contribution is -0.121. The van der Waals surface area contributed by atoms with Crippen LogP contribution in [0.1, 0.15) is 18.7 Å². The highest BCUT2D eigenvalue weighted by Gasteiger charge is 2.21. The summed E-state index contributed by atoms with van der Waals surface area (Å²) in [5.74, 6) is 1.97. The second-order valence-electron chi connectivity index (χ2n) is 4.58. The molecule has 0 bridgehead atoms. The van der Waals surface area contributed by atoms with E-state index in [1.165, 1.54) is 0 Å². The van der Waals surface area contributed by atoms with Crippen LogP contribution in [0, 0.1) is 0 Å². The van der Waals surface area contributed by atoms with E-state index in [0.29, 0.717) is 41.8 Å². The molecule has 1 amide bonds. The molecule has 8 nitrogen and oxygen atoms in total. The summed E-state index contributed by atoms with van der Waals surface area (Å²) in [7, 11) is 0. The second-order valence-corrected chi connectivity index (χ2v) is 4.58. The van der Waals surface area contributed by atoms with Crippen molar-refractivity contribution in [1.29, 1.82) is 0 Å². The molecule has 0 saturated heterocycles. The number of aromatic nitrogens is 2. The largest absolute Gasteiger partial charge is 0.454 e. The van der Waals surface area contributed by atoms with E-state index < -0.39 is 0 Å². The summed E-state index contributed by atoms with van der Waals surface area (Å²) in [6.45, 7) is 0.215. The molecule has 0 fully saturated rings. The minimum atomic E-state index is -0.116. The first kappa shape index (κ1) is 11.9. The summed E-state index contributed by atoms with van der Waals surface area (Å²) < 4.78 is 15.8. The van der Waals surface area contributed by atoms with Gasteiger partial charge in [0, 0.05) is 18.4 Å². The van der Waals surface area contributed by atoms with Crippen LogP contribution in [-0.4, -0.2) is 28.6 Å². The topological polar surface area (TPSA) is 98.8 Å². The molecule has 0 unspecified atom stereocenters. The Morgan fingerprint density at radius 3 is 2.90 bits per heavy atom. The minimum absolute atomic E-state index is 0.116. The van der Waals surface area contributed by atoms with Gasteiger partial charge in [-0.1, -0.05) is 5.16 Å². The standard InChI is InChI=1S/C13H10N4O4/c18-11-4-2-8(15-16-11)13-14-12(17-21-13)7-1-3-9-10(5-7)20-6-19-9/h1,3,5H,2,4,6H2,(H,16,18). The highest BCUT2D eigenvalue weighted by atomic mass is 16.7. The van der Waals surface area contributed by atoms with E-state index in [2.05, 4.69) is 20.7 Å². The normalized spacial score (nSPS) is 16.6. The zero-order valence-electron chi connectivity index (χ0n) is 10.8. The van der Waals surface area contributed by atoms with Crippen molar-refractivity contribution < 1.29 is 18.8 Å². The van der Waals surface area contributed by atoms with Gasteiger partial charge in [0.2, 0.25) is 18.5 Å². The summed E-state index contributed by atoms with van der Waals surface area (Å²) in [5.41, 5.74) is 3.74. The monoisotopic (exact) mass is 286 g/mol. The lowest BCUT2D eigenvalue weighted by atomic mass is 10.1. The lowest BCUT2D eigenvalue weighted by Gasteiger charge is -2.07. The molecule has 21 heavy (non-hydrogen) atoms. The van der Waals surface area contributed by atoms with Crippen molar-refractivity contribution in [3.8, 4) is 22.9 Å². The first-order valence-electron chi connectivity index (χ1n) is 6.39. The predicted octanol–water partition coefficient (Wildman–Crippen LogP) is 1.08. The number of hydrazone groups is 1. The van der Waals surface area contributed by atoms with E-state index in [-0.39, 0.29) is 12.7 Å². The molecule has 8 heteroatoms. The van der Waals surface area contributed by atoms with Gasteiger partial charge in [-0.2, -0.15) is 10.1 Å². The third-order valence-electron chi connectivity index (χ3n) is 3.21. The van der Waals surface area contributed by atoms with Gasteiger partial charge in [0.25, 0.3) is 5.89 Å². The number of nitrogens with one attached hydrogen (secondary N) is 1. The van der Waals surface area contributed by atoms with Gasteiger partial charge < -0.3 is 14.0 Å². The molecule has 0 spiro atoms. The molecule has 0 radical (unpaired) electrons. The van der Waals surface area contributed by atoms with Crippen LogP contribution in [0.25, 0.3) is 11.4 Å². The van der Waals surface area contributed by atoms with Crippen LogP contribution in [0.2, 0.25) is 0 Å². The first-order valence-corrected chi connectivity index (χ1v) is 6.39. The van der Waals surface area contributed by atoms with E-state index in [0.717, 1.165) is 5.56 Å². The van der Waals surface area contributed by atoms with Crippen molar-refractivity contribution in [3.63, 3.8) is 0 Å². The molecule has 1 aromatic heterocycles. The number of hydrogen-bond acceptors (Lipinski definition) is 7. The number of amides is 1. The van der Waals surface area contributed by atoms with Crippen molar-refractivity contribution in [2.75, 3.05) is 6.79 Å². The summed E-state index contributed by atoms with van der Waals surface area (Å²) in [4.78, 5) is 15.4. The van der Waals surface area contributed by atoms with Crippen LogP contribution in [0.5, 0.6) is 11.5 Å². The molecule has 106 valence electrons. The Kier molecular flexibility index (Phi) is 2.59. The molecule has 2 aromatic rings. The van der Waals surface area contributed by atoms with Gasteiger partial charge in [-0.05, 0) is 18.2 Å². The molecule has 0 aliphatic carbocycles. The summed E-state index contributed by atoms with van der Waals surface area (Å²) in [5, 5.41) is 7.85. The first-order chi connectivity index (χ1) is 10.3. The SMILES string of the molecule is O=C1CCC(c2nc(-c3ccc4c(c3)OCO4)no2)=NN1. The number of fused-ring (bicyclic) bond motifs is 1. The molecule has 0 saturated carbocycles. The molecular formula is C13H10N4O4. The molecule has 3 heterocycles. The third kappa shape index (κ3) is 2.10. The van der Waals surface area contributed by atoms with Crippen LogP contribution in [0.4, 0.5) is 0 Å². The minimum Gasteiger partial charge on any atom is -0.454 e. The van der Waals surface area contributed by atoms with Gasteiger partial charge in [-0.3, -0.25) is 4.79 Å². The number of nitrogens with zero attached hydrogens (tertiary/aromatic N) is 3. The van der Waals surface area contributed by atoms with Gasteiger partial charge in [-0.25, -0.2) is 5.43 Å². The fourth-order valence-corrected chi connectivity index (χ4v) is 2.12. The fraction of sp³-hybridized carbons (Fsp3) is 0.231. The number of hydrogen-bond donors (Lipinski definition) is 1. The maximum Gasteiger partial charge on any atom is 0.274 e. The lowest BCUT2D eigenvalue weighted by Crippen LogP contribution is -2.26. The van der Waals surface area contributed by atoms with Gasteiger partial charge in [0.15, 0.2) is 11.5 Å². The van der Waals surface area contributed by atoms with Gasteiger partial charge in [-0.15, -0.1) is 0 Å². The zero-order chi connectivity index (χ0) is 14.2. The summed E-state index contributed by atoms with van der Waals surface area (Å²) in [6.07, 6.45) is 0.842. The molecule has 1 aromatic carbocycles. The smallest absolute Gasteiger partial charge is 0.274 e. The number of ether oxygens (including phenoxy) is 2. The van der Waals surface area contributed by atoms with E-state index in [9.17, 15) is 4.79 Å². The molecular weight excluding hydrogens is 276 g/mol. The molecule has 1 N–H and O–H groups in total. The van der Waals surface area contributed by atoms with Crippen molar-refractivity contribution in [3.05, 3.63) is 24.1 Å². The van der Waals surface area contributed by atoms with E-state index in [1.54, 1.807) is 12.1 Å². The Bertz CT molecular complexity index is 752. The van der Waals surface area contributed by atoms with Gasteiger partial charge >= 0.3 is 0 Å². The summed E-state index contributed by atoms with van der Waals surface area (Å²) >= 11 is 0. The Labute approximate surface area is 118 Å². The zero-order valence-corrected chi connectivity index (χ0v) is 10.8. The number of benzene rings is 1. The van der Waals surface area contributed by atoms with Crippen LogP contribution < -0.4 is 14.9 Å². The molecule has 4 rings (SSSR count). The highest BCUT2D eigenvalue weighted by molar-refractivity contribution is 6.01. The quantitative estimate of drug-likeness (QED) is 0.886. The number of carbonyl (C=O) groups excluding carboxylic acids is 1. The van der Waals surface area contributed by atoms with Crippen LogP contribution in [0.3, 0.4) is 0 Å². The number of carbonyl (C=O) groups is 1. The Balaban J connectivity index is 1.64. The van der Waals surface area contributed by atoms with Crippen molar-refractivity contribution in [2.24, 2.45) is 5.10 Å². The van der Waals surface area contributed by atoms with Crippen LogP contribution in [-0.2, 0) is 4.79 Å². The maximum absolute atomic E-state index is 11.1. The molecule has 2 aliphatic heterocycles. The van der Waals surface area contributed by atoms with E-state index in [4.69, 9.17) is 14.0 Å². The Morgan fingerprint density at radius 1 is 1.14 bits per heavy atom. The predicted molar refractivity (Wildman–Crippen MR) is 69.8 cm³/mol. The van der Waals surface area contributed by atoms with Crippen molar-refractivity contribution >= 4 is 11.6 Å². The molecule has 2 aliphatic rings. The van der Waals surface area contributed by atoms with E-state index in [1.807, 2.05) is 6.07 Å². The Hall–Kier alpha value is -2.90. The van der Waals surface area contributed by atoms with Crippen molar-refractivity contribution in [2.45, 2.75) is 12.8 Å². The van der Waals surface area contributed by atoms with Gasteiger partial charge in [0.05, 0.1) is 0 Å². The van der Waals surface area contributed by atoms with Crippen LogP contribution in [0.15, 0.2) is 27.8 Å². The Morgan fingerprint density at radius 2 is 2.05 bits per heavy atom. The highest BCUT2D eigenvalue weighted by Crippen LogP contribution is 2.35. The number of rotatable bonds is 2. The summed E-state index contributed by atoms with van der Waals surface area (Å²) in [6, 6.07) is 5.42. The average Bonchev–Trinajstić information content (AvgIpc) is 3.16. The average molecular weight is 286 g/mol.